The molecule has 0 spiro atoms. The minimum atomic E-state index is 1.06. The lowest BCUT2D eigenvalue weighted by Crippen LogP contribution is -1.86. The summed E-state index contributed by atoms with van der Waals surface area (Å²) < 4.78 is 0. The number of allylic oxidation sites excluding steroid dienone is 2. The Hall–Kier alpha value is -2.61. The molecule has 2 heteroatoms. The molecule has 0 amide bonds. The van der Waals surface area contributed by atoms with Gasteiger partial charge in [-0.3, -0.25) is 4.99 Å². The highest BCUT2D eigenvalue weighted by Gasteiger charge is 2.16. The Labute approximate surface area is 117 Å². The van der Waals surface area contributed by atoms with Crippen LogP contribution >= 0.6 is 0 Å². The van der Waals surface area contributed by atoms with E-state index >= 15 is 0 Å². The van der Waals surface area contributed by atoms with Crippen molar-refractivity contribution >= 4 is 34.0 Å². The standard InChI is InChI=1S/C18H14N2/c1-12(15-10-19-17-8-4-2-6-13(15)17)16-11-20-18-9-5-3-7-14(16)18/h2-11,19H,1H3/b16-12+. The fourth-order valence-electron chi connectivity index (χ4n) is 2.84. The number of benzene rings is 2. The summed E-state index contributed by atoms with van der Waals surface area (Å²) in [6, 6.07) is 16.7. The van der Waals surface area contributed by atoms with Crippen LogP contribution in [0.5, 0.6) is 0 Å². The van der Waals surface area contributed by atoms with Gasteiger partial charge in [0.1, 0.15) is 0 Å². The first-order chi connectivity index (χ1) is 9.84. The first-order valence-electron chi connectivity index (χ1n) is 6.75. The lowest BCUT2D eigenvalue weighted by molar-refractivity contribution is 1.46. The molecule has 3 aromatic rings. The number of aromatic nitrogens is 1. The number of nitrogens with one attached hydrogen (secondary N) is 1. The Balaban J connectivity index is 1.95. The summed E-state index contributed by atoms with van der Waals surface area (Å²) in [7, 11) is 0. The van der Waals surface area contributed by atoms with Crippen LogP contribution in [-0.2, 0) is 0 Å². The maximum Gasteiger partial charge on any atom is 0.0708 e. The fourth-order valence-corrected chi connectivity index (χ4v) is 2.84. The summed E-state index contributed by atoms with van der Waals surface area (Å²) >= 11 is 0. The van der Waals surface area contributed by atoms with Gasteiger partial charge in [-0.25, -0.2) is 0 Å². The molecule has 0 unspecified atom stereocenters. The maximum absolute atomic E-state index is 4.50. The van der Waals surface area contributed by atoms with Gasteiger partial charge < -0.3 is 4.98 Å². The van der Waals surface area contributed by atoms with E-state index in [1.807, 2.05) is 12.3 Å². The minimum Gasteiger partial charge on any atom is -0.361 e. The van der Waals surface area contributed by atoms with Crippen molar-refractivity contribution in [1.29, 1.82) is 0 Å². The first-order valence-corrected chi connectivity index (χ1v) is 6.75. The van der Waals surface area contributed by atoms with Crippen LogP contribution in [0.3, 0.4) is 0 Å². The van der Waals surface area contributed by atoms with E-state index in [-0.39, 0.29) is 0 Å². The molecule has 0 aliphatic carbocycles. The predicted molar refractivity (Wildman–Crippen MR) is 85.4 cm³/mol. The summed E-state index contributed by atoms with van der Waals surface area (Å²) in [5.41, 5.74) is 7.17. The van der Waals surface area contributed by atoms with E-state index in [0.29, 0.717) is 0 Å². The highest BCUT2D eigenvalue weighted by atomic mass is 14.8. The Bertz CT molecular complexity index is 866. The number of nitrogens with zero attached hydrogens (tertiary/aromatic N) is 1. The smallest absolute Gasteiger partial charge is 0.0708 e. The average molecular weight is 258 g/mol. The molecule has 20 heavy (non-hydrogen) atoms. The maximum atomic E-state index is 4.50. The van der Waals surface area contributed by atoms with Crippen LogP contribution in [0.4, 0.5) is 5.69 Å². The Kier molecular flexibility index (Phi) is 2.36. The van der Waals surface area contributed by atoms with Crippen LogP contribution in [0.25, 0.3) is 22.0 Å². The van der Waals surface area contributed by atoms with E-state index in [0.717, 1.165) is 5.69 Å². The first kappa shape index (κ1) is 11.2. The van der Waals surface area contributed by atoms with E-state index in [2.05, 4.69) is 65.6 Å². The average Bonchev–Trinajstić information content (AvgIpc) is 3.11. The quantitative estimate of drug-likeness (QED) is 0.648. The molecular weight excluding hydrogens is 244 g/mol. The Morgan fingerprint density at radius 3 is 2.75 bits per heavy atom. The lowest BCUT2D eigenvalue weighted by atomic mass is 9.97. The lowest BCUT2D eigenvalue weighted by Gasteiger charge is -2.05. The largest absolute Gasteiger partial charge is 0.361 e. The van der Waals surface area contributed by atoms with Crippen LogP contribution in [0.2, 0.25) is 0 Å². The molecule has 0 bridgehead atoms. The molecule has 1 aromatic heterocycles. The minimum absolute atomic E-state index is 1.06. The van der Waals surface area contributed by atoms with Gasteiger partial charge in [-0.2, -0.15) is 0 Å². The molecule has 0 saturated carbocycles. The Morgan fingerprint density at radius 2 is 1.80 bits per heavy atom. The molecule has 0 radical (unpaired) electrons. The van der Waals surface area contributed by atoms with Crippen molar-refractivity contribution in [2.75, 3.05) is 0 Å². The zero-order valence-electron chi connectivity index (χ0n) is 11.2. The van der Waals surface area contributed by atoms with Gasteiger partial charge in [0.2, 0.25) is 0 Å². The van der Waals surface area contributed by atoms with Gasteiger partial charge in [0.15, 0.2) is 0 Å². The van der Waals surface area contributed by atoms with Gasteiger partial charge in [0.25, 0.3) is 0 Å². The fraction of sp³-hybridized carbons (Fsp3) is 0.0556. The van der Waals surface area contributed by atoms with Crippen LogP contribution < -0.4 is 0 Å². The van der Waals surface area contributed by atoms with E-state index in [1.54, 1.807) is 0 Å². The predicted octanol–water partition coefficient (Wildman–Crippen LogP) is 4.81. The SMILES string of the molecule is C/C(=C1/C=Nc2ccccc21)c1c[nH]c2ccccc12. The highest BCUT2D eigenvalue weighted by Crippen LogP contribution is 2.37. The third-order valence-electron chi connectivity index (χ3n) is 3.92. The van der Waals surface area contributed by atoms with Crippen molar-refractivity contribution in [2.24, 2.45) is 4.99 Å². The van der Waals surface area contributed by atoms with E-state index in [4.69, 9.17) is 0 Å². The number of aromatic amines is 1. The molecule has 4 rings (SSSR count). The van der Waals surface area contributed by atoms with E-state index in [9.17, 15) is 0 Å². The number of aliphatic imine (C=N–C) groups is 1. The number of fused-ring (bicyclic) bond motifs is 2. The van der Waals surface area contributed by atoms with Crippen molar-refractivity contribution in [3.63, 3.8) is 0 Å². The van der Waals surface area contributed by atoms with E-state index < -0.39 is 0 Å². The molecule has 1 aliphatic rings. The molecule has 2 aromatic carbocycles. The second-order valence-electron chi connectivity index (χ2n) is 5.06. The zero-order chi connectivity index (χ0) is 13.5. The van der Waals surface area contributed by atoms with Crippen molar-refractivity contribution < 1.29 is 0 Å². The molecule has 0 atom stereocenters. The highest BCUT2D eigenvalue weighted by molar-refractivity contribution is 6.25. The van der Waals surface area contributed by atoms with Crippen LogP contribution in [0.15, 0.2) is 59.7 Å². The van der Waals surface area contributed by atoms with Crippen molar-refractivity contribution in [1.82, 2.24) is 4.98 Å². The summed E-state index contributed by atoms with van der Waals surface area (Å²) in [6.45, 7) is 2.17. The summed E-state index contributed by atoms with van der Waals surface area (Å²) in [4.78, 5) is 7.84. The van der Waals surface area contributed by atoms with Crippen LogP contribution in [-0.4, -0.2) is 11.2 Å². The number of rotatable bonds is 1. The normalized spacial score (nSPS) is 15.7. The Morgan fingerprint density at radius 1 is 1.00 bits per heavy atom. The van der Waals surface area contributed by atoms with Gasteiger partial charge >= 0.3 is 0 Å². The number of hydrogen-bond donors (Lipinski definition) is 1. The van der Waals surface area contributed by atoms with Crippen molar-refractivity contribution in [3.8, 4) is 0 Å². The second kappa shape index (κ2) is 4.20. The third kappa shape index (κ3) is 1.55. The van der Waals surface area contributed by atoms with Crippen molar-refractivity contribution in [2.45, 2.75) is 6.92 Å². The van der Waals surface area contributed by atoms with Crippen LogP contribution in [0.1, 0.15) is 18.1 Å². The van der Waals surface area contributed by atoms with Crippen LogP contribution in [0, 0.1) is 0 Å². The van der Waals surface area contributed by atoms with Gasteiger partial charge in [0.05, 0.1) is 5.69 Å². The zero-order valence-corrected chi connectivity index (χ0v) is 11.2. The molecule has 96 valence electrons. The summed E-state index contributed by atoms with van der Waals surface area (Å²) in [5.74, 6) is 0. The topological polar surface area (TPSA) is 28.1 Å². The molecule has 2 heterocycles. The third-order valence-corrected chi connectivity index (χ3v) is 3.92. The monoisotopic (exact) mass is 258 g/mol. The van der Waals surface area contributed by atoms with Gasteiger partial charge in [0, 0.05) is 40.0 Å². The summed E-state index contributed by atoms with van der Waals surface area (Å²) in [5, 5.41) is 1.26. The second-order valence-corrected chi connectivity index (χ2v) is 5.06. The molecule has 0 saturated heterocycles. The van der Waals surface area contributed by atoms with E-state index in [1.165, 1.54) is 33.2 Å². The number of para-hydroxylation sites is 2. The molecular formula is C18H14N2. The van der Waals surface area contributed by atoms with Gasteiger partial charge in [-0.1, -0.05) is 36.4 Å². The molecule has 1 N–H and O–H groups in total. The molecule has 2 nitrogen and oxygen atoms in total. The number of hydrogen-bond acceptors (Lipinski definition) is 1. The van der Waals surface area contributed by atoms with Crippen molar-refractivity contribution in [3.05, 3.63) is 65.9 Å². The molecule has 1 aliphatic heterocycles. The summed E-state index contributed by atoms with van der Waals surface area (Å²) in [6.07, 6.45) is 4.06. The number of H-pyrrole nitrogens is 1. The van der Waals surface area contributed by atoms with Gasteiger partial charge in [-0.15, -0.1) is 0 Å². The van der Waals surface area contributed by atoms with Gasteiger partial charge in [-0.05, 0) is 24.6 Å². The molecule has 0 fully saturated rings.